The molecule has 2 N–H and O–H groups in total. The number of amides is 1. The minimum atomic E-state index is 0.192. The van der Waals surface area contributed by atoms with Gasteiger partial charge in [0.2, 0.25) is 5.91 Å². The summed E-state index contributed by atoms with van der Waals surface area (Å²) in [6.45, 7) is 2.84. The van der Waals surface area contributed by atoms with Crippen LogP contribution in [0.2, 0.25) is 0 Å². The van der Waals surface area contributed by atoms with Gasteiger partial charge in [-0.2, -0.15) is 5.10 Å². The molecule has 1 aromatic heterocycles. The average Bonchev–Trinajstić information content (AvgIpc) is 3.20. The fourth-order valence-electron chi connectivity index (χ4n) is 2.68. The number of nitrogens with zero attached hydrogens (tertiary/aromatic N) is 2. The number of carbonyl (C=O) groups excluding carboxylic acids is 1. The van der Waals surface area contributed by atoms with Crippen molar-refractivity contribution in [3.8, 4) is 11.3 Å². The summed E-state index contributed by atoms with van der Waals surface area (Å²) in [6, 6.07) is 10.1. The highest BCUT2D eigenvalue weighted by Crippen LogP contribution is 2.20. The van der Waals surface area contributed by atoms with E-state index in [1.807, 2.05) is 41.4 Å². The predicted octanol–water partition coefficient (Wildman–Crippen LogP) is 1.79. The van der Waals surface area contributed by atoms with Gasteiger partial charge in [0, 0.05) is 25.2 Å². The summed E-state index contributed by atoms with van der Waals surface area (Å²) in [4.78, 5) is 13.9. The summed E-state index contributed by atoms with van der Waals surface area (Å²) in [7, 11) is 0. The molecule has 2 aromatic rings. The van der Waals surface area contributed by atoms with Gasteiger partial charge in [-0.25, -0.2) is 0 Å². The number of carbonyl (C=O) groups is 1. The van der Waals surface area contributed by atoms with Gasteiger partial charge in [-0.3, -0.25) is 9.89 Å². The van der Waals surface area contributed by atoms with Crippen molar-refractivity contribution >= 4 is 5.91 Å². The van der Waals surface area contributed by atoms with Crippen LogP contribution >= 0.6 is 0 Å². The number of hydrogen-bond acceptors (Lipinski definition) is 3. The molecule has 0 saturated carbocycles. The van der Waals surface area contributed by atoms with Crippen molar-refractivity contribution < 1.29 is 4.79 Å². The van der Waals surface area contributed by atoms with E-state index in [0.717, 1.165) is 42.8 Å². The molecular formula is C16H20N4O. The first-order valence-electron chi connectivity index (χ1n) is 7.41. The van der Waals surface area contributed by atoms with Crippen LogP contribution in [0.5, 0.6) is 0 Å². The second-order valence-electron chi connectivity index (χ2n) is 5.33. The molecule has 110 valence electrons. The fraction of sp³-hybridized carbons (Fsp3) is 0.375. The fourth-order valence-corrected chi connectivity index (χ4v) is 2.68. The summed E-state index contributed by atoms with van der Waals surface area (Å²) in [5, 5.41) is 10.4. The average molecular weight is 284 g/mol. The Bertz CT molecular complexity index is 587. The molecule has 5 nitrogen and oxygen atoms in total. The number of rotatable bonds is 5. The van der Waals surface area contributed by atoms with E-state index in [9.17, 15) is 4.79 Å². The first kappa shape index (κ1) is 13.8. The molecular weight excluding hydrogens is 264 g/mol. The Kier molecular flexibility index (Phi) is 4.31. The summed E-state index contributed by atoms with van der Waals surface area (Å²) >= 11 is 0. The normalized spacial score (nSPS) is 14.6. The van der Waals surface area contributed by atoms with Gasteiger partial charge in [0.25, 0.3) is 0 Å². The number of nitrogens with one attached hydrogen (secondary N) is 2. The third-order valence-electron chi connectivity index (χ3n) is 3.83. The number of hydrogen-bond donors (Lipinski definition) is 2. The lowest BCUT2D eigenvalue weighted by Crippen LogP contribution is -2.35. The molecule has 0 atom stereocenters. The van der Waals surface area contributed by atoms with Crippen LogP contribution in [0.1, 0.15) is 18.4 Å². The van der Waals surface area contributed by atoms with Crippen LogP contribution in [0.4, 0.5) is 0 Å². The second-order valence-corrected chi connectivity index (χ2v) is 5.33. The summed E-state index contributed by atoms with van der Waals surface area (Å²) < 4.78 is 0. The third kappa shape index (κ3) is 3.31. The third-order valence-corrected chi connectivity index (χ3v) is 3.83. The van der Waals surface area contributed by atoms with Crippen molar-refractivity contribution in [1.29, 1.82) is 0 Å². The Balaban J connectivity index is 1.56. The molecule has 1 saturated heterocycles. The lowest BCUT2D eigenvalue weighted by molar-refractivity contribution is -0.129. The first-order chi connectivity index (χ1) is 10.3. The van der Waals surface area contributed by atoms with Crippen LogP contribution in [-0.2, 0) is 11.3 Å². The van der Waals surface area contributed by atoms with E-state index in [4.69, 9.17) is 0 Å². The van der Waals surface area contributed by atoms with E-state index in [2.05, 4.69) is 15.5 Å². The lowest BCUT2D eigenvalue weighted by atomic mass is 10.1. The molecule has 0 spiro atoms. The number of H-pyrrole nitrogens is 1. The van der Waals surface area contributed by atoms with Crippen molar-refractivity contribution in [2.45, 2.75) is 19.4 Å². The SMILES string of the molecule is O=C(CNCc1cn[nH]c1-c1ccccc1)N1CCCC1. The molecule has 1 fully saturated rings. The van der Waals surface area contributed by atoms with E-state index in [-0.39, 0.29) is 5.91 Å². The smallest absolute Gasteiger partial charge is 0.236 e. The van der Waals surface area contributed by atoms with Crippen molar-refractivity contribution in [2.75, 3.05) is 19.6 Å². The van der Waals surface area contributed by atoms with Gasteiger partial charge >= 0.3 is 0 Å². The molecule has 1 amide bonds. The van der Waals surface area contributed by atoms with E-state index in [1.165, 1.54) is 0 Å². The first-order valence-corrected chi connectivity index (χ1v) is 7.41. The van der Waals surface area contributed by atoms with Crippen LogP contribution in [0.15, 0.2) is 36.5 Å². The summed E-state index contributed by atoms with van der Waals surface area (Å²) in [5.74, 6) is 0.192. The van der Waals surface area contributed by atoms with Gasteiger partial charge in [-0.15, -0.1) is 0 Å². The Hall–Kier alpha value is -2.14. The van der Waals surface area contributed by atoms with Crippen molar-refractivity contribution in [2.24, 2.45) is 0 Å². The molecule has 2 heterocycles. The zero-order valence-electron chi connectivity index (χ0n) is 12.0. The van der Waals surface area contributed by atoms with Gasteiger partial charge in [-0.1, -0.05) is 30.3 Å². The highest BCUT2D eigenvalue weighted by atomic mass is 16.2. The Labute approximate surface area is 124 Å². The number of aromatic nitrogens is 2. The van der Waals surface area contributed by atoms with Crippen LogP contribution in [0, 0.1) is 0 Å². The molecule has 3 rings (SSSR count). The minimum absolute atomic E-state index is 0.192. The van der Waals surface area contributed by atoms with Crippen molar-refractivity contribution in [3.05, 3.63) is 42.1 Å². The monoisotopic (exact) mass is 284 g/mol. The van der Waals surface area contributed by atoms with Gasteiger partial charge < -0.3 is 10.2 Å². The highest BCUT2D eigenvalue weighted by molar-refractivity contribution is 5.78. The highest BCUT2D eigenvalue weighted by Gasteiger charge is 2.17. The number of aromatic amines is 1. The van der Waals surface area contributed by atoms with Crippen molar-refractivity contribution in [1.82, 2.24) is 20.4 Å². The quantitative estimate of drug-likeness (QED) is 0.880. The van der Waals surface area contributed by atoms with Crippen LogP contribution in [0.25, 0.3) is 11.3 Å². The molecule has 0 radical (unpaired) electrons. The minimum Gasteiger partial charge on any atom is -0.342 e. The summed E-state index contributed by atoms with van der Waals surface area (Å²) in [6.07, 6.45) is 4.08. The largest absolute Gasteiger partial charge is 0.342 e. The van der Waals surface area contributed by atoms with Gasteiger partial charge in [0.05, 0.1) is 18.4 Å². The Morgan fingerprint density at radius 3 is 2.76 bits per heavy atom. The molecule has 1 aromatic carbocycles. The van der Waals surface area contributed by atoms with Crippen LogP contribution in [0.3, 0.4) is 0 Å². The molecule has 1 aliphatic rings. The maximum absolute atomic E-state index is 12.0. The summed E-state index contributed by atoms with van der Waals surface area (Å²) in [5.41, 5.74) is 3.20. The molecule has 5 heteroatoms. The maximum Gasteiger partial charge on any atom is 0.236 e. The van der Waals surface area contributed by atoms with Crippen molar-refractivity contribution in [3.63, 3.8) is 0 Å². The zero-order valence-corrected chi connectivity index (χ0v) is 12.0. The number of likely N-dealkylation sites (tertiary alicyclic amines) is 1. The van der Waals surface area contributed by atoms with Crippen LogP contribution < -0.4 is 5.32 Å². The predicted molar refractivity (Wildman–Crippen MR) is 81.5 cm³/mol. The standard InChI is InChI=1S/C16H20N4O/c21-15(20-8-4-5-9-20)12-17-10-14-11-18-19-16(14)13-6-2-1-3-7-13/h1-3,6-7,11,17H,4-5,8-10,12H2,(H,18,19). The van der Waals surface area contributed by atoms with Gasteiger partial charge in [-0.05, 0) is 18.4 Å². The van der Waals surface area contributed by atoms with Gasteiger partial charge in [0.1, 0.15) is 0 Å². The van der Waals surface area contributed by atoms with E-state index >= 15 is 0 Å². The molecule has 21 heavy (non-hydrogen) atoms. The Morgan fingerprint density at radius 1 is 1.24 bits per heavy atom. The number of benzene rings is 1. The molecule has 0 unspecified atom stereocenters. The maximum atomic E-state index is 12.0. The molecule has 0 aliphatic carbocycles. The Morgan fingerprint density at radius 2 is 2.00 bits per heavy atom. The van der Waals surface area contributed by atoms with E-state index in [0.29, 0.717) is 13.1 Å². The topological polar surface area (TPSA) is 61.0 Å². The van der Waals surface area contributed by atoms with E-state index < -0.39 is 0 Å². The molecule has 1 aliphatic heterocycles. The van der Waals surface area contributed by atoms with Crippen LogP contribution in [-0.4, -0.2) is 40.6 Å². The lowest BCUT2D eigenvalue weighted by Gasteiger charge is -2.15. The second kappa shape index (κ2) is 6.54. The van der Waals surface area contributed by atoms with Gasteiger partial charge in [0.15, 0.2) is 0 Å². The van der Waals surface area contributed by atoms with E-state index in [1.54, 1.807) is 0 Å². The molecule has 0 bridgehead atoms. The zero-order chi connectivity index (χ0) is 14.5.